The molecule has 1 heterocycles. The third-order valence-corrected chi connectivity index (χ3v) is 6.68. The normalized spacial score (nSPS) is 15.7. The fourth-order valence-electron chi connectivity index (χ4n) is 4.66. The average molecular weight is 527 g/mol. The van der Waals surface area contributed by atoms with Crippen molar-refractivity contribution in [2.45, 2.75) is 71.3 Å². The zero-order valence-corrected chi connectivity index (χ0v) is 23.5. The second kappa shape index (κ2) is 21.2. The van der Waals surface area contributed by atoms with Crippen molar-refractivity contribution in [3.63, 3.8) is 0 Å². The summed E-state index contributed by atoms with van der Waals surface area (Å²) in [5.41, 5.74) is 13.9. The van der Waals surface area contributed by atoms with Crippen molar-refractivity contribution in [1.82, 2.24) is 10.2 Å². The van der Waals surface area contributed by atoms with Crippen LogP contribution in [0.3, 0.4) is 0 Å². The van der Waals surface area contributed by atoms with Crippen molar-refractivity contribution in [2.75, 3.05) is 32.7 Å². The minimum absolute atomic E-state index is 0.250. The first-order valence-electron chi connectivity index (χ1n) is 14.1. The molecule has 0 spiro atoms. The molecular weight excluding hydrogens is 476 g/mol. The molecule has 2 aromatic carbocycles. The van der Waals surface area contributed by atoms with Gasteiger partial charge in [-0.3, -0.25) is 14.5 Å². The van der Waals surface area contributed by atoms with Gasteiger partial charge < -0.3 is 21.9 Å². The highest BCUT2D eigenvalue weighted by Gasteiger charge is 2.22. The van der Waals surface area contributed by atoms with E-state index < -0.39 is 6.10 Å². The number of nitrogens with zero attached hydrogens (tertiary/aromatic N) is 1. The average Bonchev–Trinajstić information content (AvgIpc) is 3.40. The molecule has 0 aromatic heterocycles. The number of β-amino-alcohol motifs (C(OH)–C–C–N with tert-alkyl or cyclic N) is 1. The van der Waals surface area contributed by atoms with Gasteiger partial charge in [0.25, 0.3) is 0 Å². The Morgan fingerprint density at radius 3 is 2.00 bits per heavy atom. The number of piperazine rings is 1. The number of rotatable bonds is 9. The van der Waals surface area contributed by atoms with E-state index in [1.807, 2.05) is 30.3 Å². The maximum absolute atomic E-state index is 11.6. The molecule has 2 atom stereocenters. The van der Waals surface area contributed by atoms with Gasteiger partial charge in [0.2, 0.25) is 12.3 Å². The summed E-state index contributed by atoms with van der Waals surface area (Å²) in [7, 11) is 0. The number of unbranched alkanes of at least 4 members (excludes halogenated alkanes) is 2. The predicted octanol–water partition coefficient (Wildman–Crippen LogP) is 3.46. The zero-order chi connectivity index (χ0) is 28.0. The van der Waals surface area contributed by atoms with Crippen molar-refractivity contribution in [3.8, 4) is 0 Å². The number of benzene rings is 2. The van der Waals surface area contributed by atoms with Gasteiger partial charge in [-0.05, 0) is 48.8 Å². The molecule has 7 nitrogen and oxygen atoms in total. The Morgan fingerprint density at radius 1 is 1.00 bits per heavy atom. The molecule has 0 saturated carbocycles. The molecule has 1 aliphatic carbocycles. The van der Waals surface area contributed by atoms with E-state index in [9.17, 15) is 9.90 Å². The summed E-state index contributed by atoms with van der Waals surface area (Å²) in [6.07, 6.45) is 8.80. The van der Waals surface area contributed by atoms with Crippen LogP contribution in [-0.4, -0.2) is 61.2 Å². The SMILES string of the molecule is CCCCC.NC(=O)[C@H](Cc1ccccc1)C[C@H](O)CN1CCNCC1.NC=O.c1ccc2c(c1)CCC2. The van der Waals surface area contributed by atoms with Crippen LogP contribution >= 0.6 is 0 Å². The molecule has 4 rings (SSSR count). The van der Waals surface area contributed by atoms with E-state index in [0.29, 0.717) is 19.4 Å². The molecule has 212 valence electrons. The molecule has 7 heteroatoms. The smallest absolute Gasteiger partial charge is 0.220 e. The van der Waals surface area contributed by atoms with Crippen molar-refractivity contribution in [1.29, 1.82) is 0 Å². The van der Waals surface area contributed by atoms with Gasteiger partial charge in [0.15, 0.2) is 0 Å². The molecule has 2 amide bonds. The topological polar surface area (TPSA) is 122 Å². The number of aliphatic hydroxyl groups is 1. The van der Waals surface area contributed by atoms with E-state index in [1.165, 1.54) is 38.5 Å². The van der Waals surface area contributed by atoms with Crippen LogP contribution in [0.1, 0.15) is 62.6 Å². The van der Waals surface area contributed by atoms with Crippen LogP contribution in [0.15, 0.2) is 54.6 Å². The number of hydrogen-bond donors (Lipinski definition) is 4. The number of nitrogens with one attached hydrogen (secondary N) is 1. The molecule has 2 aliphatic rings. The molecule has 2 aromatic rings. The number of hydrogen-bond acceptors (Lipinski definition) is 5. The monoisotopic (exact) mass is 526 g/mol. The van der Waals surface area contributed by atoms with Gasteiger partial charge in [-0.1, -0.05) is 87.7 Å². The molecule has 38 heavy (non-hydrogen) atoms. The highest BCUT2D eigenvalue weighted by Crippen LogP contribution is 2.20. The van der Waals surface area contributed by atoms with Crippen LogP contribution in [0.25, 0.3) is 0 Å². The Labute approximate surface area is 230 Å². The van der Waals surface area contributed by atoms with Crippen LogP contribution in [0.2, 0.25) is 0 Å². The Morgan fingerprint density at radius 2 is 1.53 bits per heavy atom. The van der Waals surface area contributed by atoms with E-state index in [0.717, 1.165) is 31.7 Å². The lowest BCUT2D eigenvalue weighted by molar-refractivity contribution is -0.122. The summed E-state index contributed by atoms with van der Waals surface area (Å²) in [4.78, 5) is 22.4. The summed E-state index contributed by atoms with van der Waals surface area (Å²) in [6.45, 7) is 8.83. The number of nitrogens with two attached hydrogens (primary N) is 2. The van der Waals surface area contributed by atoms with E-state index >= 15 is 0 Å². The van der Waals surface area contributed by atoms with E-state index in [-0.39, 0.29) is 18.2 Å². The van der Waals surface area contributed by atoms with Crippen LogP contribution in [0, 0.1) is 5.92 Å². The van der Waals surface area contributed by atoms with Crippen LogP contribution < -0.4 is 16.8 Å². The largest absolute Gasteiger partial charge is 0.392 e. The second-order valence-corrected chi connectivity index (χ2v) is 9.84. The second-order valence-electron chi connectivity index (χ2n) is 9.84. The van der Waals surface area contributed by atoms with Crippen molar-refractivity contribution < 1.29 is 14.7 Å². The van der Waals surface area contributed by atoms with Gasteiger partial charge in [-0.15, -0.1) is 0 Å². The molecular formula is C31H50N4O3. The lowest BCUT2D eigenvalue weighted by atomic mass is 9.93. The van der Waals surface area contributed by atoms with Gasteiger partial charge >= 0.3 is 0 Å². The number of carbonyl (C=O) groups excluding carboxylic acids is 2. The van der Waals surface area contributed by atoms with Crippen LogP contribution in [0.4, 0.5) is 0 Å². The number of amides is 2. The molecule has 0 bridgehead atoms. The van der Waals surface area contributed by atoms with Crippen LogP contribution in [-0.2, 0) is 28.9 Å². The summed E-state index contributed by atoms with van der Waals surface area (Å²) >= 11 is 0. The summed E-state index contributed by atoms with van der Waals surface area (Å²) in [5, 5.41) is 13.5. The fourth-order valence-corrected chi connectivity index (χ4v) is 4.66. The van der Waals surface area contributed by atoms with Crippen molar-refractivity contribution in [2.24, 2.45) is 17.4 Å². The maximum Gasteiger partial charge on any atom is 0.220 e. The number of primary amides is 2. The Kier molecular flexibility index (Phi) is 18.6. The van der Waals surface area contributed by atoms with Crippen molar-refractivity contribution >= 4 is 12.3 Å². The van der Waals surface area contributed by atoms with Gasteiger partial charge in [0.1, 0.15) is 0 Å². The maximum atomic E-state index is 11.6. The first kappa shape index (κ1) is 33.3. The fraction of sp³-hybridized carbons (Fsp3) is 0.548. The molecule has 0 radical (unpaired) electrons. The van der Waals surface area contributed by atoms with E-state index in [4.69, 9.17) is 10.5 Å². The molecule has 1 aliphatic heterocycles. The molecule has 0 unspecified atom stereocenters. The number of fused-ring (bicyclic) bond motifs is 1. The third kappa shape index (κ3) is 14.9. The predicted molar refractivity (Wildman–Crippen MR) is 157 cm³/mol. The summed E-state index contributed by atoms with van der Waals surface area (Å²) in [5.74, 6) is -0.650. The van der Waals surface area contributed by atoms with Gasteiger partial charge in [0, 0.05) is 38.6 Å². The van der Waals surface area contributed by atoms with Crippen molar-refractivity contribution in [3.05, 3.63) is 71.3 Å². The molecule has 6 N–H and O–H groups in total. The van der Waals surface area contributed by atoms with Gasteiger partial charge in [-0.25, -0.2) is 0 Å². The molecule has 1 fully saturated rings. The highest BCUT2D eigenvalue weighted by atomic mass is 16.3. The lowest BCUT2D eigenvalue weighted by Gasteiger charge is -2.30. The van der Waals surface area contributed by atoms with E-state index in [2.05, 4.69) is 54.1 Å². The standard InChI is InChI=1S/C16H25N3O2.C9H10.C5H12.CH3NO/c17-16(21)14(10-13-4-2-1-3-5-13)11-15(20)12-19-8-6-18-7-9-19;1-2-5-9-7-3-6-8(9)4-1;1-3-5-4-2;2-1-3/h1-5,14-15,18,20H,6-12H2,(H2,17,21);1-2,4-5H,3,6-7H2;3-5H2,1-2H3;1H,(H2,2,3)/t14-,15+;;;/m1.../s1. The van der Waals surface area contributed by atoms with Crippen LogP contribution in [0.5, 0.6) is 0 Å². The third-order valence-electron chi connectivity index (χ3n) is 6.68. The first-order valence-corrected chi connectivity index (χ1v) is 14.1. The Bertz CT molecular complexity index is 847. The minimum Gasteiger partial charge on any atom is -0.392 e. The minimum atomic E-state index is -0.510. The van der Waals surface area contributed by atoms with Gasteiger partial charge in [0.05, 0.1) is 6.10 Å². The highest BCUT2D eigenvalue weighted by molar-refractivity contribution is 5.77. The quantitative estimate of drug-likeness (QED) is 0.373. The van der Waals surface area contributed by atoms with E-state index in [1.54, 1.807) is 11.1 Å². The summed E-state index contributed by atoms with van der Waals surface area (Å²) in [6, 6.07) is 18.5. The number of aliphatic hydroxyl groups excluding tert-OH is 1. The Balaban J connectivity index is 0.000000345. The number of aryl methyl sites for hydroxylation is 2. The number of carbonyl (C=O) groups is 2. The lowest BCUT2D eigenvalue weighted by Crippen LogP contribution is -2.46. The summed E-state index contributed by atoms with van der Waals surface area (Å²) < 4.78 is 0. The Hall–Kier alpha value is -2.74. The zero-order valence-electron chi connectivity index (χ0n) is 23.5. The molecule has 1 saturated heterocycles. The van der Waals surface area contributed by atoms with Gasteiger partial charge in [-0.2, -0.15) is 0 Å². The first-order chi connectivity index (χ1) is 18.4.